The number of fused-ring (bicyclic) bond motifs is 4. The van der Waals surface area contributed by atoms with Gasteiger partial charge in [0.2, 0.25) is 0 Å². The Morgan fingerprint density at radius 1 is 1.24 bits per heavy atom. The van der Waals surface area contributed by atoms with Crippen LogP contribution in [0.2, 0.25) is 0 Å². The van der Waals surface area contributed by atoms with Crippen molar-refractivity contribution in [1.82, 2.24) is 0 Å². The summed E-state index contributed by atoms with van der Waals surface area (Å²) >= 11 is 0. The number of hydrogen-bond donors (Lipinski definition) is 1. The zero-order valence-electron chi connectivity index (χ0n) is 19.8. The lowest BCUT2D eigenvalue weighted by Gasteiger charge is -2.61. The largest absolute Gasteiger partial charge is 0.481 e. The molecule has 10 atom stereocenters. The Morgan fingerprint density at radius 2 is 2.00 bits per heavy atom. The van der Waals surface area contributed by atoms with E-state index < -0.39 is 28.6 Å². The Labute approximate surface area is 194 Å². The number of carbonyl (C=O) groups excluding carboxylic acids is 1. The third-order valence-electron chi connectivity index (χ3n) is 10.0. The van der Waals surface area contributed by atoms with Gasteiger partial charge < -0.3 is 19.0 Å². The zero-order valence-corrected chi connectivity index (χ0v) is 19.8. The highest BCUT2D eigenvalue weighted by Gasteiger charge is 2.76. The first kappa shape index (κ1) is 21.4. The Balaban J connectivity index is 1.59. The van der Waals surface area contributed by atoms with Crippen molar-refractivity contribution >= 4 is 11.8 Å². The van der Waals surface area contributed by atoms with Crippen LogP contribution in [-0.2, 0) is 19.1 Å². The normalized spacial score (nSPS) is 48.6. The SMILES string of the molecule is CC1=C2[C@@H](CC1c1ccoc1)O[C@@H]1[C@@H]3OC[C@]4(C)C=CC(=O)[C@](C)([C@@H](C(C)C(=O)O)[C@]21C)[C@@H]34. The lowest BCUT2D eigenvalue weighted by Crippen LogP contribution is -2.67. The molecule has 0 spiro atoms. The van der Waals surface area contributed by atoms with Gasteiger partial charge in [0.05, 0.1) is 43.4 Å². The van der Waals surface area contributed by atoms with Crippen LogP contribution in [0, 0.1) is 34.0 Å². The van der Waals surface area contributed by atoms with Crippen LogP contribution in [0.1, 0.15) is 52.5 Å². The number of ether oxygens (including phenoxy) is 2. The van der Waals surface area contributed by atoms with E-state index in [1.807, 2.05) is 19.1 Å². The summed E-state index contributed by atoms with van der Waals surface area (Å²) in [7, 11) is 0. The van der Waals surface area contributed by atoms with Crippen LogP contribution >= 0.6 is 0 Å². The fourth-order valence-corrected chi connectivity index (χ4v) is 8.97. The number of carbonyl (C=O) groups is 2. The molecule has 0 aromatic carbocycles. The van der Waals surface area contributed by atoms with Gasteiger partial charge in [-0.15, -0.1) is 0 Å². The van der Waals surface area contributed by atoms with Crippen molar-refractivity contribution in [2.24, 2.45) is 34.0 Å². The van der Waals surface area contributed by atoms with E-state index in [1.165, 1.54) is 11.1 Å². The molecule has 3 heterocycles. The highest BCUT2D eigenvalue weighted by atomic mass is 16.6. The number of ketones is 1. The average molecular weight is 453 g/mol. The number of furan rings is 1. The van der Waals surface area contributed by atoms with Gasteiger partial charge in [-0.3, -0.25) is 9.59 Å². The second kappa shape index (κ2) is 6.48. The van der Waals surface area contributed by atoms with Gasteiger partial charge in [-0.1, -0.05) is 39.3 Å². The van der Waals surface area contributed by atoms with Crippen molar-refractivity contribution in [3.05, 3.63) is 47.5 Å². The van der Waals surface area contributed by atoms with Gasteiger partial charge in [-0.25, -0.2) is 0 Å². The molecule has 0 bridgehead atoms. The molecule has 176 valence electrons. The highest BCUT2D eigenvalue weighted by Crippen LogP contribution is 2.72. The van der Waals surface area contributed by atoms with Crippen molar-refractivity contribution in [2.75, 3.05) is 6.61 Å². The van der Waals surface area contributed by atoms with Gasteiger partial charge in [0.1, 0.15) is 0 Å². The van der Waals surface area contributed by atoms with E-state index in [0.29, 0.717) is 6.61 Å². The van der Waals surface area contributed by atoms with E-state index in [0.717, 1.165) is 12.0 Å². The zero-order chi connectivity index (χ0) is 23.5. The first-order valence-electron chi connectivity index (χ1n) is 12.0. The summed E-state index contributed by atoms with van der Waals surface area (Å²) in [6, 6.07) is 1.99. The third-order valence-corrected chi connectivity index (χ3v) is 10.0. The quantitative estimate of drug-likeness (QED) is 0.686. The van der Waals surface area contributed by atoms with Crippen molar-refractivity contribution in [3.8, 4) is 0 Å². The minimum atomic E-state index is -0.867. The van der Waals surface area contributed by atoms with Crippen molar-refractivity contribution < 1.29 is 28.6 Å². The maximum atomic E-state index is 13.7. The number of carboxylic acid groups (broad SMARTS) is 1. The number of hydrogen-bond acceptors (Lipinski definition) is 5. The smallest absolute Gasteiger partial charge is 0.306 e. The summed E-state index contributed by atoms with van der Waals surface area (Å²) < 4.78 is 18.6. The van der Waals surface area contributed by atoms with Crippen LogP contribution in [0.25, 0.3) is 0 Å². The maximum Gasteiger partial charge on any atom is 0.306 e. The van der Waals surface area contributed by atoms with Gasteiger partial charge >= 0.3 is 5.97 Å². The van der Waals surface area contributed by atoms with Crippen molar-refractivity contribution in [1.29, 1.82) is 0 Å². The summed E-state index contributed by atoms with van der Waals surface area (Å²) in [5.74, 6) is -1.91. The Morgan fingerprint density at radius 3 is 2.67 bits per heavy atom. The van der Waals surface area contributed by atoms with Gasteiger partial charge in [-0.2, -0.15) is 0 Å². The maximum absolute atomic E-state index is 13.7. The summed E-state index contributed by atoms with van der Waals surface area (Å²) in [6.45, 7) is 10.7. The molecular weight excluding hydrogens is 420 g/mol. The van der Waals surface area contributed by atoms with E-state index in [4.69, 9.17) is 13.9 Å². The monoisotopic (exact) mass is 452 g/mol. The molecule has 6 nitrogen and oxygen atoms in total. The molecular formula is C27H32O6. The molecule has 1 aromatic heterocycles. The molecule has 0 amide bonds. The van der Waals surface area contributed by atoms with Gasteiger partial charge in [0.25, 0.3) is 0 Å². The molecule has 3 aliphatic carbocycles. The standard InChI is InChI=1S/C27H32O6/c1-13-16(15-7-9-31-11-15)10-17-19(13)27(5)21(14(2)24(29)30)26(4)18(28)6-8-25(3)12-32-20(22(25)26)23(27)33-17/h6-9,11,14,16-17,20-23H,10,12H2,1-5H3,(H,29,30)/t14?,16?,17-,20-,21-,22+,23-,25+,26-,27+/m1/s1. The van der Waals surface area contributed by atoms with E-state index >= 15 is 0 Å². The number of rotatable bonds is 3. The Hall–Kier alpha value is -2.18. The Kier molecular flexibility index (Phi) is 4.19. The molecule has 1 N–H and O–H groups in total. The molecule has 3 fully saturated rings. The fourth-order valence-electron chi connectivity index (χ4n) is 8.97. The van der Waals surface area contributed by atoms with E-state index in [-0.39, 0.29) is 41.3 Å². The number of aliphatic carboxylic acids is 1. The summed E-state index contributed by atoms with van der Waals surface area (Å²) in [6.07, 6.45) is 7.33. The molecule has 0 radical (unpaired) electrons. The molecule has 2 saturated heterocycles. The molecule has 5 aliphatic rings. The van der Waals surface area contributed by atoms with Crippen LogP contribution in [0.15, 0.2) is 46.3 Å². The van der Waals surface area contributed by atoms with E-state index in [1.54, 1.807) is 25.5 Å². The predicted molar refractivity (Wildman–Crippen MR) is 119 cm³/mol. The van der Waals surface area contributed by atoms with Crippen LogP contribution in [0.4, 0.5) is 0 Å². The first-order chi connectivity index (χ1) is 15.5. The minimum absolute atomic E-state index is 0.0179. The second-order valence-electron chi connectivity index (χ2n) is 11.6. The lowest BCUT2D eigenvalue weighted by atomic mass is 9.40. The highest BCUT2D eigenvalue weighted by molar-refractivity contribution is 5.97. The molecule has 2 unspecified atom stereocenters. The Bertz CT molecular complexity index is 1100. The second-order valence-corrected chi connectivity index (χ2v) is 11.6. The van der Waals surface area contributed by atoms with Crippen LogP contribution in [-0.4, -0.2) is 41.8 Å². The average Bonchev–Trinajstić information content (AvgIpc) is 3.50. The van der Waals surface area contributed by atoms with Gasteiger partial charge in [0, 0.05) is 28.1 Å². The summed E-state index contributed by atoms with van der Waals surface area (Å²) in [5.41, 5.74) is 1.73. The fraction of sp³-hybridized carbons (Fsp3) is 0.630. The molecule has 6 heteroatoms. The minimum Gasteiger partial charge on any atom is -0.481 e. The lowest BCUT2D eigenvalue weighted by molar-refractivity contribution is -0.196. The molecule has 2 aliphatic heterocycles. The molecule has 1 saturated carbocycles. The topological polar surface area (TPSA) is 86.0 Å². The van der Waals surface area contributed by atoms with Crippen LogP contribution in [0.5, 0.6) is 0 Å². The number of carboxylic acids is 1. The van der Waals surface area contributed by atoms with E-state index in [9.17, 15) is 14.7 Å². The summed E-state index contributed by atoms with van der Waals surface area (Å²) in [4.78, 5) is 26.2. The predicted octanol–water partition coefficient (Wildman–Crippen LogP) is 4.37. The van der Waals surface area contributed by atoms with Gasteiger partial charge in [0.15, 0.2) is 5.78 Å². The van der Waals surface area contributed by atoms with Crippen LogP contribution in [0.3, 0.4) is 0 Å². The van der Waals surface area contributed by atoms with Crippen molar-refractivity contribution in [3.63, 3.8) is 0 Å². The molecule has 1 aromatic rings. The molecule has 6 rings (SSSR count). The first-order valence-corrected chi connectivity index (χ1v) is 12.0. The molecule has 33 heavy (non-hydrogen) atoms. The van der Waals surface area contributed by atoms with Crippen LogP contribution < -0.4 is 0 Å². The van der Waals surface area contributed by atoms with Crippen molar-refractivity contribution in [2.45, 2.75) is 65.3 Å². The third kappa shape index (κ3) is 2.36. The number of allylic oxidation sites excluding steroid dienone is 2. The van der Waals surface area contributed by atoms with Gasteiger partial charge in [-0.05, 0) is 42.5 Å². The summed E-state index contributed by atoms with van der Waals surface area (Å²) in [5, 5.41) is 10.3. The van der Waals surface area contributed by atoms with E-state index in [2.05, 4.69) is 20.8 Å².